The molecule has 0 saturated heterocycles. The van der Waals surface area contributed by atoms with E-state index in [9.17, 15) is 0 Å². The molecule has 0 fully saturated rings. The van der Waals surface area contributed by atoms with Gasteiger partial charge in [0.05, 0.1) is 0 Å². The van der Waals surface area contributed by atoms with Crippen LogP contribution in [-0.2, 0) is 0 Å². The van der Waals surface area contributed by atoms with E-state index in [0.29, 0.717) is 5.75 Å². The molecule has 1 aromatic rings. The highest BCUT2D eigenvalue weighted by molar-refractivity contribution is 9.09. The van der Waals surface area contributed by atoms with Crippen molar-refractivity contribution in [2.45, 2.75) is 5.20 Å². The number of hydrogen-bond acceptors (Lipinski definition) is 2. The van der Waals surface area contributed by atoms with Crippen LogP contribution in [-0.4, -0.2) is 5.20 Å². The minimum atomic E-state index is -0.346. The second kappa shape index (κ2) is 2.16. The highest BCUT2D eigenvalue weighted by atomic mass is 79.9. The van der Waals surface area contributed by atoms with Crippen molar-refractivity contribution in [1.29, 1.82) is 0 Å². The number of halogens is 1. The molecule has 1 aromatic carbocycles. The predicted molar refractivity (Wildman–Crippen MR) is 39.2 cm³/mol. The van der Waals surface area contributed by atoms with Gasteiger partial charge in [0, 0.05) is 22.0 Å². The van der Waals surface area contributed by atoms with Crippen molar-refractivity contribution in [2.24, 2.45) is 0 Å². The number of ether oxygens (including phenoxy) is 2. The minimum absolute atomic E-state index is 0.346. The molecule has 0 amide bonds. The average Bonchev–Trinajstić information content (AvgIpc) is 2.27. The molecule has 0 aromatic heterocycles. The van der Waals surface area contributed by atoms with Gasteiger partial charge in [0.1, 0.15) is 0 Å². The van der Waals surface area contributed by atoms with Gasteiger partial charge in [-0.1, -0.05) is 12.1 Å². The van der Waals surface area contributed by atoms with Crippen LogP contribution in [0.4, 0.5) is 0 Å². The van der Waals surface area contributed by atoms with Gasteiger partial charge in [-0.05, 0) is 6.07 Å². The van der Waals surface area contributed by atoms with Crippen LogP contribution >= 0.6 is 15.9 Å². The van der Waals surface area contributed by atoms with Crippen molar-refractivity contribution in [1.82, 2.24) is 0 Å². The number of rotatable bonds is 0. The van der Waals surface area contributed by atoms with Crippen LogP contribution in [0.2, 0.25) is 0 Å². The standard InChI is InChI=1S/C7H4BrO2/c8-7-9-5-3-1-2-4-6(5)10-7/h1-3,7H. The van der Waals surface area contributed by atoms with Crippen molar-refractivity contribution in [2.75, 3.05) is 0 Å². The van der Waals surface area contributed by atoms with Crippen LogP contribution in [0, 0.1) is 6.07 Å². The molecular formula is C7H4BrO2. The third-order valence-corrected chi connectivity index (χ3v) is 1.59. The number of alkyl halides is 1. The first-order valence-electron chi connectivity index (χ1n) is 2.84. The average molecular weight is 200 g/mol. The molecule has 1 atom stereocenters. The van der Waals surface area contributed by atoms with E-state index in [0.717, 1.165) is 5.75 Å². The molecule has 1 radical (unpaired) electrons. The Morgan fingerprint density at radius 2 is 2.40 bits per heavy atom. The van der Waals surface area contributed by atoms with Crippen LogP contribution < -0.4 is 9.47 Å². The van der Waals surface area contributed by atoms with E-state index in [1.165, 1.54) is 0 Å². The summed E-state index contributed by atoms with van der Waals surface area (Å²) < 4.78 is 10.3. The topological polar surface area (TPSA) is 18.5 Å². The molecular weight excluding hydrogens is 196 g/mol. The molecule has 1 aliphatic rings. The van der Waals surface area contributed by atoms with Crippen molar-refractivity contribution in [3.8, 4) is 11.5 Å². The maximum absolute atomic E-state index is 5.17. The molecule has 0 saturated carbocycles. The number of benzene rings is 1. The number of hydrogen-bond donors (Lipinski definition) is 0. The van der Waals surface area contributed by atoms with Crippen molar-refractivity contribution >= 4 is 15.9 Å². The lowest BCUT2D eigenvalue weighted by Gasteiger charge is -1.97. The minimum Gasteiger partial charge on any atom is -0.441 e. The third kappa shape index (κ3) is 0.865. The van der Waals surface area contributed by atoms with Crippen molar-refractivity contribution in [3.63, 3.8) is 0 Å². The molecule has 1 unspecified atom stereocenters. The predicted octanol–water partition coefficient (Wildman–Crippen LogP) is 1.94. The highest BCUT2D eigenvalue weighted by Crippen LogP contribution is 2.34. The Hall–Kier alpha value is -0.700. The van der Waals surface area contributed by atoms with Crippen molar-refractivity contribution in [3.05, 3.63) is 24.3 Å². The summed E-state index contributed by atoms with van der Waals surface area (Å²) in [5.41, 5.74) is 0. The molecule has 0 N–H and O–H groups in total. The zero-order chi connectivity index (χ0) is 6.97. The Kier molecular flexibility index (Phi) is 1.31. The Morgan fingerprint density at radius 3 is 3.20 bits per heavy atom. The van der Waals surface area contributed by atoms with Gasteiger partial charge in [0.2, 0.25) is 0 Å². The van der Waals surface area contributed by atoms with Crippen LogP contribution in [0.5, 0.6) is 11.5 Å². The number of fused-ring (bicyclic) bond motifs is 1. The highest BCUT2D eigenvalue weighted by Gasteiger charge is 2.19. The summed E-state index contributed by atoms with van der Waals surface area (Å²) in [6, 6.07) is 8.38. The summed E-state index contributed by atoms with van der Waals surface area (Å²) in [6.45, 7) is 0. The van der Waals surface area contributed by atoms with E-state index in [4.69, 9.17) is 9.47 Å². The molecule has 2 rings (SSSR count). The van der Waals surface area contributed by atoms with Gasteiger partial charge >= 0.3 is 0 Å². The fourth-order valence-electron chi connectivity index (χ4n) is 0.808. The van der Waals surface area contributed by atoms with E-state index in [-0.39, 0.29) is 5.20 Å². The summed E-state index contributed by atoms with van der Waals surface area (Å²) in [5, 5.41) is -0.346. The Bertz CT molecular complexity index is 224. The third-order valence-electron chi connectivity index (χ3n) is 1.21. The van der Waals surface area contributed by atoms with Crippen LogP contribution in [0.1, 0.15) is 0 Å². The first-order valence-corrected chi connectivity index (χ1v) is 3.76. The van der Waals surface area contributed by atoms with Gasteiger partial charge in [-0.2, -0.15) is 0 Å². The van der Waals surface area contributed by atoms with Crippen LogP contribution in [0.15, 0.2) is 18.2 Å². The van der Waals surface area contributed by atoms with E-state index >= 15 is 0 Å². The lowest BCUT2D eigenvalue weighted by Crippen LogP contribution is -2.06. The molecule has 1 heterocycles. The molecule has 10 heavy (non-hydrogen) atoms. The Balaban J connectivity index is 2.42. The maximum atomic E-state index is 5.17. The Labute approximate surface area is 66.9 Å². The molecule has 51 valence electrons. The van der Waals surface area contributed by atoms with Gasteiger partial charge in [-0.15, -0.1) is 0 Å². The van der Waals surface area contributed by atoms with E-state index in [1.807, 2.05) is 12.1 Å². The summed E-state index contributed by atoms with van der Waals surface area (Å²) in [5.74, 6) is 1.41. The Morgan fingerprint density at radius 1 is 1.50 bits per heavy atom. The molecule has 1 aliphatic heterocycles. The van der Waals surface area contributed by atoms with Gasteiger partial charge in [0.25, 0.3) is 5.20 Å². The SMILES string of the molecule is BrC1Oc2[c]cccc2O1. The normalized spacial score (nSPS) is 15.7. The van der Waals surface area contributed by atoms with Gasteiger partial charge in [-0.3, -0.25) is 0 Å². The zero-order valence-electron chi connectivity index (χ0n) is 5.00. The fourth-order valence-corrected chi connectivity index (χ4v) is 1.20. The largest absolute Gasteiger partial charge is 0.441 e. The maximum Gasteiger partial charge on any atom is 0.298 e. The van der Waals surface area contributed by atoms with E-state index in [2.05, 4.69) is 22.0 Å². The second-order valence-electron chi connectivity index (χ2n) is 1.87. The second-order valence-corrected chi connectivity index (χ2v) is 2.62. The van der Waals surface area contributed by atoms with Gasteiger partial charge < -0.3 is 9.47 Å². The smallest absolute Gasteiger partial charge is 0.298 e. The molecule has 3 heteroatoms. The summed E-state index contributed by atoms with van der Waals surface area (Å²) in [6.07, 6.45) is 0. The van der Waals surface area contributed by atoms with Gasteiger partial charge in [-0.25, -0.2) is 0 Å². The van der Waals surface area contributed by atoms with Crippen molar-refractivity contribution < 1.29 is 9.47 Å². The van der Waals surface area contributed by atoms with E-state index in [1.54, 1.807) is 6.07 Å². The number of para-hydroxylation sites is 1. The summed E-state index contributed by atoms with van der Waals surface area (Å²) >= 11 is 3.15. The molecule has 2 nitrogen and oxygen atoms in total. The lowest BCUT2D eigenvalue weighted by atomic mass is 10.3. The van der Waals surface area contributed by atoms with Crippen LogP contribution in [0.3, 0.4) is 0 Å². The van der Waals surface area contributed by atoms with E-state index < -0.39 is 0 Å². The fraction of sp³-hybridized carbons (Fsp3) is 0.143. The lowest BCUT2D eigenvalue weighted by molar-refractivity contribution is 0.143. The summed E-state index contributed by atoms with van der Waals surface area (Å²) in [4.78, 5) is 0. The quantitative estimate of drug-likeness (QED) is 0.595. The molecule has 0 spiro atoms. The summed E-state index contributed by atoms with van der Waals surface area (Å²) in [7, 11) is 0. The first-order chi connectivity index (χ1) is 4.86. The molecule has 0 aliphatic carbocycles. The first kappa shape index (κ1) is 6.04. The monoisotopic (exact) mass is 199 g/mol. The van der Waals surface area contributed by atoms with Gasteiger partial charge in [0.15, 0.2) is 11.5 Å². The zero-order valence-corrected chi connectivity index (χ0v) is 6.59. The van der Waals surface area contributed by atoms with Crippen LogP contribution in [0.25, 0.3) is 0 Å². The molecule has 0 bridgehead atoms.